The molecular weight excluding hydrogens is 376 g/mol. The molecular formula is C20H24N4O5. The Kier molecular flexibility index (Phi) is 4.60. The van der Waals surface area contributed by atoms with Crippen molar-refractivity contribution in [1.82, 2.24) is 9.91 Å². The highest BCUT2D eigenvalue weighted by Crippen LogP contribution is 2.32. The Morgan fingerprint density at radius 3 is 2.41 bits per heavy atom. The van der Waals surface area contributed by atoms with Gasteiger partial charge in [0.15, 0.2) is 23.4 Å². The van der Waals surface area contributed by atoms with E-state index in [9.17, 15) is 14.8 Å². The quantitative estimate of drug-likeness (QED) is 0.554. The van der Waals surface area contributed by atoms with Gasteiger partial charge in [-0.25, -0.2) is 0 Å². The van der Waals surface area contributed by atoms with E-state index in [1.54, 1.807) is 24.3 Å². The molecule has 2 unspecified atom stereocenters. The number of carbonyl (C=O) groups excluding carboxylic acids is 2. The van der Waals surface area contributed by atoms with Crippen LogP contribution in [0.1, 0.15) is 40.0 Å². The van der Waals surface area contributed by atoms with Gasteiger partial charge in [0.25, 0.3) is 0 Å². The van der Waals surface area contributed by atoms with Gasteiger partial charge in [0.2, 0.25) is 6.04 Å². The normalized spacial score (nSPS) is 28.6. The summed E-state index contributed by atoms with van der Waals surface area (Å²) in [7, 11) is 0. The Morgan fingerprint density at radius 1 is 1.07 bits per heavy atom. The third-order valence-electron chi connectivity index (χ3n) is 6.35. The Bertz CT molecular complexity index is 856. The van der Waals surface area contributed by atoms with Crippen molar-refractivity contribution in [2.24, 2.45) is 5.11 Å². The molecule has 29 heavy (non-hydrogen) atoms. The van der Waals surface area contributed by atoms with Crippen LogP contribution in [0.15, 0.2) is 29.4 Å². The number of fused-ring (bicyclic) bond motifs is 2. The largest absolute Gasteiger partial charge is 0.571 e. The lowest BCUT2D eigenvalue weighted by Crippen LogP contribution is -2.51. The SMILES string of the molecule is O=C1c2ccccc2C(=O)C2C1N=[N+]([O-])N2CCCN1CCC2(CC1)OCCO2. The maximum Gasteiger partial charge on any atom is 0.213 e. The summed E-state index contributed by atoms with van der Waals surface area (Å²) in [6.45, 7) is 4.26. The number of piperidine rings is 1. The number of likely N-dealkylation sites (tertiary alicyclic amines) is 1. The van der Waals surface area contributed by atoms with E-state index in [4.69, 9.17) is 9.47 Å². The van der Waals surface area contributed by atoms with Crippen molar-refractivity contribution in [3.05, 3.63) is 40.6 Å². The number of ether oxygens (including phenoxy) is 2. The minimum Gasteiger partial charge on any atom is -0.571 e. The van der Waals surface area contributed by atoms with Crippen LogP contribution in [-0.2, 0) is 9.47 Å². The predicted octanol–water partition coefficient (Wildman–Crippen LogP) is 1.22. The lowest BCUT2D eigenvalue weighted by molar-refractivity contribution is -0.679. The fourth-order valence-electron chi connectivity index (χ4n) is 4.80. The Hall–Kier alpha value is -2.36. The standard InChI is InChI=1S/C20H24N4O5/c25-18-14-4-1-2-5-15(14)19(26)17-16(18)21-24(27)23(17)9-3-8-22-10-6-20(7-11-22)28-12-13-29-20/h1-2,4-5,16-17H,3,6-13H2. The van der Waals surface area contributed by atoms with Crippen molar-refractivity contribution in [1.29, 1.82) is 0 Å². The van der Waals surface area contributed by atoms with Crippen molar-refractivity contribution >= 4 is 11.6 Å². The van der Waals surface area contributed by atoms with Gasteiger partial charge in [0, 0.05) is 53.7 Å². The first kappa shape index (κ1) is 18.7. The molecule has 0 radical (unpaired) electrons. The highest BCUT2D eigenvalue weighted by Gasteiger charge is 2.53. The first-order chi connectivity index (χ1) is 14.1. The van der Waals surface area contributed by atoms with Crippen molar-refractivity contribution in [2.45, 2.75) is 37.1 Å². The monoisotopic (exact) mass is 400 g/mol. The van der Waals surface area contributed by atoms with E-state index in [1.165, 1.54) is 5.01 Å². The molecule has 0 amide bonds. The average Bonchev–Trinajstić information content (AvgIpc) is 3.33. The molecule has 3 aliphatic heterocycles. The molecule has 4 aliphatic rings. The minimum absolute atomic E-state index is 0.206. The Morgan fingerprint density at radius 2 is 1.72 bits per heavy atom. The van der Waals surface area contributed by atoms with Crippen LogP contribution in [0.5, 0.6) is 0 Å². The van der Waals surface area contributed by atoms with Gasteiger partial charge in [0.05, 0.1) is 19.8 Å². The number of Topliss-reactive ketones (excluding diaryl/α,β-unsaturated/α-hetero) is 2. The van der Waals surface area contributed by atoms with Gasteiger partial charge in [-0.2, -0.15) is 0 Å². The zero-order valence-corrected chi connectivity index (χ0v) is 16.2. The molecule has 1 aromatic rings. The zero-order chi connectivity index (χ0) is 20.0. The first-order valence-corrected chi connectivity index (χ1v) is 10.2. The van der Waals surface area contributed by atoms with Gasteiger partial charge in [0.1, 0.15) is 0 Å². The number of hydrogen-bond acceptors (Lipinski definition) is 8. The molecule has 9 nitrogen and oxygen atoms in total. The zero-order valence-electron chi connectivity index (χ0n) is 16.2. The van der Waals surface area contributed by atoms with Crippen LogP contribution in [-0.4, -0.2) is 83.7 Å². The van der Waals surface area contributed by atoms with Gasteiger partial charge in [-0.3, -0.25) is 9.59 Å². The van der Waals surface area contributed by atoms with Gasteiger partial charge in [-0.05, 0) is 6.42 Å². The van der Waals surface area contributed by atoms with Gasteiger partial charge < -0.3 is 19.6 Å². The van der Waals surface area contributed by atoms with E-state index in [-0.39, 0.29) is 11.6 Å². The number of rotatable bonds is 4. The minimum atomic E-state index is -0.943. The van der Waals surface area contributed by atoms with Crippen LogP contribution in [0.3, 0.4) is 0 Å². The molecule has 5 rings (SSSR count). The highest BCUT2D eigenvalue weighted by atomic mass is 16.7. The van der Waals surface area contributed by atoms with E-state index in [0.29, 0.717) is 42.3 Å². The molecule has 0 bridgehead atoms. The lowest BCUT2D eigenvalue weighted by atomic mass is 9.83. The summed E-state index contributed by atoms with van der Waals surface area (Å²) in [5.41, 5.74) is 0.739. The molecule has 0 aromatic heterocycles. The van der Waals surface area contributed by atoms with Crippen LogP contribution in [0.25, 0.3) is 0 Å². The van der Waals surface area contributed by atoms with Crippen molar-refractivity contribution in [2.75, 3.05) is 39.4 Å². The number of nitrogens with zero attached hydrogens (tertiary/aromatic N) is 4. The van der Waals surface area contributed by atoms with Crippen LogP contribution in [0.4, 0.5) is 0 Å². The van der Waals surface area contributed by atoms with E-state index in [2.05, 4.69) is 10.0 Å². The van der Waals surface area contributed by atoms with Crippen LogP contribution in [0.2, 0.25) is 0 Å². The summed E-state index contributed by atoms with van der Waals surface area (Å²) in [6.07, 6.45) is 2.39. The Balaban J connectivity index is 1.21. The maximum absolute atomic E-state index is 13.0. The van der Waals surface area contributed by atoms with Gasteiger partial charge >= 0.3 is 0 Å². The predicted molar refractivity (Wildman–Crippen MR) is 100 cm³/mol. The Labute approximate surface area is 168 Å². The fourth-order valence-corrected chi connectivity index (χ4v) is 4.80. The van der Waals surface area contributed by atoms with E-state index < -0.39 is 17.9 Å². The van der Waals surface area contributed by atoms with Crippen LogP contribution < -0.4 is 0 Å². The summed E-state index contributed by atoms with van der Waals surface area (Å²) in [6, 6.07) is 4.95. The molecule has 0 N–H and O–H groups in total. The van der Waals surface area contributed by atoms with Crippen molar-refractivity contribution in [3.8, 4) is 0 Å². The average molecular weight is 400 g/mol. The third-order valence-corrected chi connectivity index (χ3v) is 6.35. The van der Waals surface area contributed by atoms with Crippen molar-refractivity contribution < 1.29 is 24.0 Å². The van der Waals surface area contributed by atoms with Crippen LogP contribution >= 0.6 is 0 Å². The fraction of sp³-hybridized carbons (Fsp3) is 0.600. The molecule has 2 fully saturated rings. The van der Waals surface area contributed by atoms with Crippen molar-refractivity contribution in [3.63, 3.8) is 0 Å². The second-order valence-corrected chi connectivity index (χ2v) is 8.00. The molecule has 1 aromatic carbocycles. The first-order valence-electron chi connectivity index (χ1n) is 10.2. The van der Waals surface area contributed by atoms with E-state index in [1.807, 2.05) is 0 Å². The van der Waals surface area contributed by atoms with Crippen LogP contribution in [0, 0.1) is 5.21 Å². The number of hydrogen-bond donors (Lipinski definition) is 0. The molecule has 3 heterocycles. The smallest absolute Gasteiger partial charge is 0.213 e. The molecule has 0 saturated carbocycles. The molecule has 2 saturated heterocycles. The number of benzene rings is 1. The third kappa shape index (κ3) is 3.13. The number of hydrazine groups is 1. The summed E-state index contributed by atoms with van der Waals surface area (Å²) in [5.74, 6) is -0.861. The topological polar surface area (TPSA) is 97.5 Å². The molecule has 1 aliphatic carbocycles. The second kappa shape index (κ2) is 7.16. The second-order valence-electron chi connectivity index (χ2n) is 8.00. The molecule has 154 valence electrons. The van der Waals surface area contributed by atoms with E-state index in [0.717, 1.165) is 32.5 Å². The summed E-state index contributed by atoms with van der Waals surface area (Å²) >= 11 is 0. The number of ketones is 2. The van der Waals surface area contributed by atoms with Gasteiger partial charge in [-0.1, -0.05) is 24.3 Å². The summed E-state index contributed by atoms with van der Waals surface area (Å²) in [5, 5.41) is 17.7. The molecule has 1 spiro atoms. The summed E-state index contributed by atoms with van der Waals surface area (Å²) < 4.78 is 11.5. The lowest BCUT2D eigenvalue weighted by Gasteiger charge is -2.37. The number of carbonyl (C=O) groups is 2. The highest BCUT2D eigenvalue weighted by molar-refractivity contribution is 6.19. The summed E-state index contributed by atoms with van der Waals surface area (Å²) in [4.78, 5) is 28.4. The van der Waals surface area contributed by atoms with Gasteiger partial charge in [-0.15, -0.1) is 5.01 Å². The molecule has 9 heteroatoms. The van der Waals surface area contributed by atoms with E-state index >= 15 is 0 Å². The maximum atomic E-state index is 13.0. The molecule has 2 atom stereocenters.